The zero-order valence-electron chi connectivity index (χ0n) is 9.80. The van der Waals surface area contributed by atoms with E-state index in [0.29, 0.717) is 12.1 Å². The predicted molar refractivity (Wildman–Crippen MR) is 65.8 cm³/mol. The van der Waals surface area contributed by atoms with Gasteiger partial charge in [-0.3, -0.25) is 4.79 Å². The summed E-state index contributed by atoms with van der Waals surface area (Å²) in [6.07, 6.45) is 0.650. The van der Waals surface area contributed by atoms with E-state index in [-0.39, 0.29) is 6.42 Å². The number of benzene rings is 1. The highest BCUT2D eigenvalue weighted by atomic mass is 16.4. The number of nitrogens with two attached hydrogens (primary N) is 1. The van der Waals surface area contributed by atoms with Crippen LogP contribution in [0.2, 0.25) is 0 Å². The molecule has 0 aromatic heterocycles. The third-order valence-electron chi connectivity index (χ3n) is 2.44. The lowest BCUT2D eigenvalue weighted by atomic mass is 10.1. The van der Waals surface area contributed by atoms with E-state index in [4.69, 9.17) is 15.9 Å². The van der Waals surface area contributed by atoms with E-state index in [1.807, 2.05) is 12.1 Å². The largest absolute Gasteiger partial charge is 0.480 e. The highest BCUT2D eigenvalue weighted by Gasteiger charge is 2.18. The van der Waals surface area contributed by atoms with Gasteiger partial charge in [-0.05, 0) is 24.1 Å². The van der Waals surface area contributed by atoms with Gasteiger partial charge in [0.2, 0.25) is 5.91 Å². The summed E-state index contributed by atoms with van der Waals surface area (Å²) in [7, 11) is 0. The van der Waals surface area contributed by atoms with Crippen LogP contribution in [0.1, 0.15) is 12.0 Å². The van der Waals surface area contributed by atoms with Crippen molar-refractivity contribution in [2.24, 2.45) is 0 Å². The predicted octanol–water partition coefficient (Wildman–Crippen LogP) is -0.237. The van der Waals surface area contributed by atoms with Crippen LogP contribution in [0.3, 0.4) is 0 Å². The molecule has 1 aromatic rings. The maximum atomic E-state index is 11.4. The normalized spacial score (nSPS) is 11.8. The number of nitrogen functional groups attached to an aromatic ring is 1. The van der Waals surface area contributed by atoms with Crippen molar-refractivity contribution in [1.29, 1.82) is 0 Å². The Morgan fingerprint density at radius 1 is 1.28 bits per heavy atom. The highest BCUT2D eigenvalue weighted by molar-refractivity contribution is 5.83. The smallest absolute Gasteiger partial charge is 0.328 e. The minimum Gasteiger partial charge on any atom is -0.480 e. The molecule has 0 fully saturated rings. The minimum atomic E-state index is -1.25. The molecule has 0 unspecified atom stereocenters. The topological polar surface area (TPSA) is 113 Å². The molecule has 6 nitrogen and oxygen atoms in total. The molecule has 0 heterocycles. The molecule has 0 radical (unpaired) electrons. The quantitative estimate of drug-likeness (QED) is 0.522. The number of carboxylic acid groups (broad SMARTS) is 1. The molecule has 1 rings (SSSR count). The summed E-state index contributed by atoms with van der Waals surface area (Å²) in [5.74, 6) is -1.66. The van der Waals surface area contributed by atoms with Gasteiger partial charge in [0.1, 0.15) is 6.04 Å². The minimum absolute atomic E-state index is 0.160. The van der Waals surface area contributed by atoms with Crippen molar-refractivity contribution >= 4 is 17.6 Å². The Bertz CT molecular complexity index is 417. The summed E-state index contributed by atoms with van der Waals surface area (Å²) in [4.78, 5) is 22.0. The fourth-order valence-electron chi connectivity index (χ4n) is 1.39. The molecule has 1 amide bonds. The van der Waals surface area contributed by atoms with E-state index in [1.54, 1.807) is 12.1 Å². The average molecular weight is 252 g/mol. The molecule has 0 saturated heterocycles. The molecule has 5 N–H and O–H groups in total. The van der Waals surface area contributed by atoms with Crippen molar-refractivity contribution in [2.75, 3.05) is 12.3 Å². The molecular weight excluding hydrogens is 236 g/mol. The van der Waals surface area contributed by atoms with Crippen LogP contribution in [0.5, 0.6) is 0 Å². The lowest BCUT2D eigenvalue weighted by Crippen LogP contribution is -2.43. The van der Waals surface area contributed by atoms with Gasteiger partial charge in [-0.25, -0.2) is 4.79 Å². The maximum Gasteiger partial charge on any atom is 0.328 e. The molecule has 1 aromatic carbocycles. The first-order valence-electron chi connectivity index (χ1n) is 5.50. The molecule has 98 valence electrons. The number of rotatable bonds is 6. The van der Waals surface area contributed by atoms with E-state index in [0.717, 1.165) is 5.56 Å². The summed E-state index contributed by atoms with van der Waals surface area (Å²) in [6, 6.07) is 5.85. The standard InChI is InChI=1S/C12H16N2O4/c13-9-4-1-8(2-5-9)3-6-11(16)14-10(7-15)12(17)18/h1-2,4-5,10,15H,3,6-7,13H2,(H,14,16)(H,17,18)/t10-/m0/s1. The Balaban J connectivity index is 2.41. The number of carbonyl (C=O) groups excluding carboxylic acids is 1. The van der Waals surface area contributed by atoms with Crippen molar-refractivity contribution in [3.05, 3.63) is 29.8 Å². The van der Waals surface area contributed by atoms with Crippen LogP contribution in [0.4, 0.5) is 5.69 Å². The second-order valence-corrected chi connectivity index (χ2v) is 3.88. The molecule has 18 heavy (non-hydrogen) atoms. The third-order valence-corrected chi connectivity index (χ3v) is 2.44. The van der Waals surface area contributed by atoms with Crippen molar-refractivity contribution < 1.29 is 19.8 Å². The van der Waals surface area contributed by atoms with Gasteiger partial charge in [0.25, 0.3) is 0 Å². The van der Waals surface area contributed by atoms with Crippen LogP contribution < -0.4 is 11.1 Å². The Morgan fingerprint density at radius 2 is 1.89 bits per heavy atom. The maximum absolute atomic E-state index is 11.4. The molecule has 0 bridgehead atoms. The van der Waals surface area contributed by atoms with Gasteiger partial charge < -0.3 is 21.3 Å². The first-order valence-corrected chi connectivity index (χ1v) is 5.50. The molecular formula is C12H16N2O4. The van der Waals surface area contributed by atoms with Crippen LogP contribution in [0.25, 0.3) is 0 Å². The van der Waals surface area contributed by atoms with E-state index in [2.05, 4.69) is 5.32 Å². The molecule has 6 heteroatoms. The number of anilines is 1. The molecule has 0 aliphatic carbocycles. The monoisotopic (exact) mass is 252 g/mol. The summed E-state index contributed by atoms with van der Waals surface area (Å²) >= 11 is 0. The number of aryl methyl sites for hydroxylation is 1. The Morgan fingerprint density at radius 3 is 2.39 bits per heavy atom. The highest BCUT2D eigenvalue weighted by Crippen LogP contribution is 2.07. The van der Waals surface area contributed by atoms with E-state index < -0.39 is 24.5 Å². The van der Waals surface area contributed by atoms with Crippen LogP contribution in [-0.2, 0) is 16.0 Å². The van der Waals surface area contributed by atoms with Gasteiger partial charge in [0, 0.05) is 12.1 Å². The fraction of sp³-hybridized carbons (Fsp3) is 0.333. The number of aliphatic hydroxyl groups excluding tert-OH is 1. The summed E-state index contributed by atoms with van der Waals surface area (Å²) < 4.78 is 0. The van der Waals surface area contributed by atoms with E-state index in [9.17, 15) is 9.59 Å². The third kappa shape index (κ3) is 4.42. The Labute approximate surface area is 104 Å². The molecule has 0 spiro atoms. The number of aliphatic carboxylic acids is 1. The van der Waals surface area contributed by atoms with Crippen LogP contribution in [0, 0.1) is 0 Å². The second kappa shape index (κ2) is 6.61. The van der Waals surface area contributed by atoms with Crippen LogP contribution in [-0.4, -0.2) is 34.7 Å². The van der Waals surface area contributed by atoms with E-state index >= 15 is 0 Å². The van der Waals surface area contributed by atoms with Crippen molar-refractivity contribution in [1.82, 2.24) is 5.32 Å². The SMILES string of the molecule is Nc1ccc(CCC(=O)N[C@@H](CO)C(=O)O)cc1. The molecule has 1 atom stereocenters. The number of hydrogen-bond acceptors (Lipinski definition) is 4. The number of aliphatic hydroxyl groups is 1. The Hall–Kier alpha value is -2.08. The van der Waals surface area contributed by atoms with Gasteiger partial charge >= 0.3 is 5.97 Å². The van der Waals surface area contributed by atoms with Gasteiger partial charge in [-0.2, -0.15) is 0 Å². The summed E-state index contributed by atoms with van der Waals surface area (Å²) in [5, 5.41) is 19.6. The number of carbonyl (C=O) groups is 2. The first kappa shape index (κ1) is 14.0. The van der Waals surface area contributed by atoms with Crippen molar-refractivity contribution in [2.45, 2.75) is 18.9 Å². The van der Waals surface area contributed by atoms with Gasteiger partial charge in [-0.1, -0.05) is 12.1 Å². The Kier molecular flexibility index (Phi) is 5.13. The molecule has 0 aliphatic heterocycles. The second-order valence-electron chi connectivity index (χ2n) is 3.88. The zero-order valence-corrected chi connectivity index (χ0v) is 9.80. The average Bonchev–Trinajstić information content (AvgIpc) is 2.35. The summed E-state index contributed by atoms with van der Waals surface area (Å²) in [6.45, 7) is -0.622. The molecule has 0 saturated carbocycles. The van der Waals surface area contributed by atoms with Gasteiger partial charge in [0.15, 0.2) is 0 Å². The lowest BCUT2D eigenvalue weighted by molar-refractivity contribution is -0.142. The van der Waals surface area contributed by atoms with Crippen LogP contribution >= 0.6 is 0 Å². The number of nitrogens with one attached hydrogen (secondary N) is 1. The zero-order chi connectivity index (χ0) is 13.5. The first-order chi connectivity index (χ1) is 8.52. The number of carboxylic acids is 1. The molecule has 0 aliphatic rings. The lowest BCUT2D eigenvalue weighted by Gasteiger charge is -2.11. The van der Waals surface area contributed by atoms with E-state index in [1.165, 1.54) is 0 Å². The fourth-order valence-corrected chi connectivity index (χ4v) is 1.39. The van der Waals surface area contributed by atoms with Crippen molar-refractivity contribution in [3.8, 4) is 0 Å². The summed E-state index contributed by atoms with van der Waals surface area (Å²) in [5.41, 5.74) is 7.12. The van der Waals surface area contributed by atoms with Crippen LogP contribution in [0.15, 0.2) is 24.3 Å². The van der Waals surface area contributed by atoms with Gasteiger partial charge in [-0.15, -0.1) is 0 Å². The number of amides is 1. The number of hydrogen-bond donors (Lipinski definition) is 4. The van der Waals surface area contributed by atoms with Gasteiger partial charge in [0.05, 0.1) is 6.61 Å². The van der Waals surface area contributed by atoms with Crippen molar-refractivity contribution in [3.63, 3.8) is 0 Å².